The van der Waals surface area contributed by atoms with Gasteiger partial charge >= 0.3 is 0 Å². The number of nitrogens with zero attached hydrogens (tertiary/aromatic N) is 1. The molecule has 170 valence electrons. The molecule has 0 saturated heterocycles. The number of aromatic amines is 1. The van der Waals surface area contributed by atoms with Gasteiger partial charge in [-0.25, -0.2) is 8.42 Å². The summed E-state index contributed by atoms with van der Waals surface area (Å²) in [7, 11) is -1.71. The summed E-state index contributed by atoms with van der Waals surface area (Å²) in [6.45, 7) is 6.19. The van der Waals surface area contributed by atoms with E-state index in [-0.39, 0.29) is 5.75 Å². The molecule has 1 atom stereocenters. The summed E-state index contributed by atoms with van der Waals surface area (Å²) >= 11 is 0. The minimum absolute atomic E-state index is 0.0623. The molecule has 1 N–H and O–H groups in total. The van der Waals surface area contributed by atoms with E-state index in [2.05, 4.69) is 35.0 Å². The average molecular weight is 455 g/mol. The van der Waals surface area contributed by atoms with Crippen LogP contribution in [0.4, 0.5) is 0 Å². The van der Waals surface area contributed by atoms with Crippen molar-refractivity contribution in [1.29, 1.82) is 0 Å². The number of rotatable bonds is 8. The fourth-order valence-corrected chi connectivity index (χ4v) is 5.22. The molecule has 0 saturated carbocycles. The molecule has 2 heterocycles. The Hall–Kier alpha value is -2.77. The molecule has 1 aliphatic rings. The van der Waals surface area contributed by atoms with Crippen LogP contribution in [0.5, 0.6) is 11.5 Å². The highest BCUT2D eigenvalue weighted by Crippen LogP contribution is 2.37. The fourth-order valence-electron chi connectivity index (χ4n) is 4.31. The minimum atomic E-state index is -3.30. The molecule has 0 fully saturated rings. The summed E-state index contributed by atoms with van der Waals surface area (Å²) in [4.78, 5) is 6.22. The molecule has 2 aromatic carbocycles. The molecule has 0 amide bonds. The van der Waals surface area contributed by atoms with Gasteiger partial charge in [-0.05, 0) is 42.9 Å². The van der Waals surface area contributed by atoms with Gasteiger partial charge in [0.25, 0.3) is 0 Å². The number of H-pyrrole nitrogens is 1. The quantitative estimate of drug-likeness (QED) is 0.528. The second kappa shape index (κ2) is 9.38. The lowest BCUT2D eigenvalue weighted by atomic mass is 9.98. The van der Waals surface area contributed by atoms with Crippen molar-refractivity contribution in [3.8, 4) is 22.8 Å². The minimum Gasteiger partial charge on any atom is -0.496 e. The molecule has 1 aliphatic heterocycles. The number of benzene rings is 2. The summed E-state index contributed by atoms with van der Waals surface area (Å²) in [6.07, 6.45) is 0.948. The molecule has 1 aromatic heterocycles. The smallest absolute Gasteiger partial charge is 0.178 e. The largest absolute Gasteiger partial charge is 0.496 e. The van der Waals surface area contributed by atoms with Crippen LogP contribution in [-0.2, 0) is 16.4 Å². The predicted molar refractivity (Wildman–Crippen MR) is 126 cm³/mol. The molecule has 0 aliphatic carbocycles. The van der Waals surface area contributed by atoms with Gasteiger partial charge in [-0.2, -0.15) is 0 Å². The summed E-state index contributed by atoms with van der Waals surface area (Å²) in [5, 5.41) is 0. The van der Waals surface area contributed by atoms with E-state index in [0.29, 0.717) is 23.3 Å². The first kappa shape index (κ1) is 22.4. The number of nitrogens with one attached hydrogen (secondary N) is 1. The molecule has 0 spiro atoms. The van der Waals surface area contributed by atoms with Gasteiger partial charge in [-0.1, -0.05) is 32.0 Å². The van der Waals surface area contributed by atoms with Gasteiger partial charge in [0.05, 0.1) is 24.4 Å². The highest BCUT2D eigenvalue weighted by Gasteiger charge is 2.26. The highest BCUT2D eigenvalue weighted by molar-refractivity contribution is 7.91. The van der Waals surface area contributed by atoms with Crippen molar-refractivity contribution in [2.45, 2.75) is 37.8 Å². The maximum Gasteiger partial charge on any atom is 0.178 e. The Kier molecular flexibility index (Phi) is 6.58. The number of methoxy groups -OCH3 is 1. The first-order valence-electron chi connectivity index (χ1n) is 11.0. The highest BCUT2D eigenvalue weighted by atomic mass is 32.2. The second-order valence-corrected chi connectivity index (χ2v) is 10.2. The molecule has 3 aromatic rings. The van der Waals surface area contributed by atoms with E-state index in [1.165, 1.54) is 5.56 Å². The Morgan fingerprint density at radius 2 is 1.94 bits per heavy atom. The molecule has 4 rings (SSSR count). The van der Waals surface area contributed by atoms with Crippen molar-refractivity contribution in [2.24, 2.45) is 0 Å². The molecular weight excluding hydrogens is 424 g/mol. The van der Waals surface area contributed by atoms with Crippen molar-refractivity contribution in [2.75, 3.05) is 26.0 Å². The number of sulfone groups is 1. The fraction of sp³-hybridized carbons (Fsp3) is 0.360. The zero-order chi connectivity index (χ0) is 22.7. The average Bonchev–Trinajstić information content (AvgIpc) is 3.30. The molecule has 32 heavy (non-hydrogen) atoms. The topological polar surface area (TPSA) is 71.6 Å². The summed E-state index contributed by atoms with van der Waals surface area (Å²) in [5.74, 6) is 1.67. The van der Waals surface area contributed by atoms with Gasteiger partial charge in [0.2, 0.25) is 0 Å². The first-order chi connectivity index (χ1) is 15.5. The van der Waals surface area contributed by atoms with Gasteiger partial charge in [0.1, 0.15) is 11.5 Å². The third kappa shape index (κ3) is 4.40. The van der Waals surface area contributed by atoms with Crippen molar-refractivity contribution >= 4 is 9.84 Å². The van der Waals surface area contributed by atoms with Crippen molar-refractivity contribution < 1.29 is 17.9 Å². The lowest BCUT2D eigenvalue weighted by Crippen LogP contribution is -2.32. The van der Waals surface area contributed by atoms with Crippen LogP contribution in [0.1, 0.15) is 37.6 Å². The molecule has 0 bridgehead atoms. The van der Waals surface area contributed by atoms with E-state index >= 15 is 0 Å². The SMILES string of the molecule is CCN(Cc1ccc(-c2cc(S(=O)(=O)CC)ccc2OC)[nH]1)C1CCOc2ccccc21. The lowest BCUT2D eigenvalue weighted by molar-refractivity contribution is 0.138. The molecule has 0 radical (unpaired) electrons. The Morgan fingerprint density at radius 1 is 1.12 bits per heavy atom. The maximum absolute atomic E-state index is 12.4. The monoisotopic (exact) mass is 454 g/mol. The third-order valence-corrected chi connectivity index (χ3v) is 7.83. The van der Waals surface area contributed by atoms with Crippen LogP contribution >= 0.6 is 0 Å². The molecule has 6 nitrogen and oxygen atoms in total. The van der Waals surface area contributed by atoms with Crippen molar-refractivity contribution in [1.82, 2.24) is 9.88 Å². The summed E-state index contributed by atoms with van der Waals surface area (Å²) in [5.41, 5.74) is 3.88. The van der Waals surface area contributed by atoms with E-state index in [1.54, 1.807) is 32.2 Å². The van der Waals surface area contributed by atoms with Crippen LogP contribution in [0.15, 0.2) is 59.5 Å². The number of hydrogen-bond donors (Lipinski definition) is 1. The number of fused-ring (bicyclic) bond motifs is 1. The zero-order valence-electron chi connectivity index (χ0n) is 18.8. The van der Waals surface area contributed by atoms with E-state index in [4.69, 9.17) is 9.47 Å². The lowest BCUT2D eigenvalue weighted by Gasteiger charge is -2.34. The van der Waals surface area contributed by atoms with Gasteiger partial charge < -0.3 is 14.5 Å². The predicted octanol–water partition coefficient (Wildman–Crippen LogP) is 4.83. The Bertz CT molecular complexity index is 1190. The second-order valence-electron chi connectivity index (χ2n) is 7.92. The normalized spacial score (nSPS) is 15.9. The van der Waals surface area contributed by atoms with Crippen LogP contribution < -0.4 is 9.47 Å². The zero-order valence-corrected chi connectivity index (χ0v) is 19.6. The van der Waals surface area contributed by atoms with Crippen molar-refractivity contribution in [3.63, 3.8) is 0 Å². The Labute approximate surface area is 190 Å². The van der Waals surface area contributed by atoms with Crippen LogP contribution in [0.2, 0.25) is 0 Å². The summed E-state index contributed by atoms with van der Waals surface area (Å²) < 4.78 is 36.1. The number of ether oxygens (including phenoxy) is 2. The number of para-hydroxylation sites is 1. The Morgan fingerprint density at radius 3 is 2.69 bits per heavy atom. The molecule has 7 heteroatoms. The van der Waals surface area contributed by atoms with E-state index in [0.717, 1.165) is 42.2 Å². The van der Waals surface area contributed by atoms with Gasteiger partial charge in [-0.15, -0.1) is 0 Å². The van der Waals surface area contributed by atoms with Crippen molar-refractivity contribution in [3.05, 3.63) is 65.9 Å². The number of hydrogen-bond acceptors (Lipinski definition) is 5. The van der Waals surface area contributed by atoms with Crippen LogP contribution in [0, 0.1) is 0 Å². The van der Waals surface area contributed by atoms with E-state index in [9.17, 15) is 8.42 Å². The molecular formula is C25H30N2O4S. The van der Waals surface area contributed by atoms with Gasteiger partial charge in [0, 0.05) is 41.5 Å². The van der Waals surface area contributed by atoms with Gasteiger partial charge in [-0.3, -0.25) is 4.90 Å². The van der Waals surface area contributed by atoms with E-state index < -0.39 is 9.84 Å². The summed E-state index contributed by atoms with van der Waals surface area (Å²) in [6, 6.07) is 17.6. The Balaban J connectivity index is 1.61. The maximum atomic E-state index is 12.4. The van der Waals surface area contributed by atoms with E-state index in [1.807, 2.05) is 18.2 Å². The third-order valence-electron chi connectivity index (χ3n) is 6.09. The number of aromatic nitrogens is 1. The first-order valence-corrected chi connectivity index (χ1v) is 12.7. The standard InChI is InChI=1S/C25H30N2O4S/c1-4-27(23-14-15-31-25-9-7-6-8-20(23)25)17-18-10-12-22(26-18)21-16-19(32(28,29)5-2)11-13-24(21)30-3/h6-13,16,23,26H,4-5,14-15,17H2,1-3H3. The van der Waals surface area contributed by atoms with Crippen LogP contribution in [-0.4, -0.2) is 44.3 Å². The van der Waals surface area contributed by atoms with Crippen LogP contribution in [0.25, 0.3) is 11.3 Å². The van der Waals surface area contributed by atoms with Crippen LogP contribution in [0.3, 0.4) is 0 Å². The molecule has 1 unspecified atom stereocenters. The van der Waals surface area contributed by atoms with Gasteiger partial charge in [0.15, 0.2) is 9.84 Å².